The lowest BCUT2D eigenvalue weighted by atomic mass is 9.77. The summed E-state index contributed by atoms with van der Waals surface area (Å²) in [6.45, 7) is 0. The number of hydrogen-bond acceptors (Lipinski definition) is 0. The number of benzene rings is 10. The summed E-state index contributed by atoms with van der Waals surface area (Å²) in [6, 6.07) is 67.8. The third-order valence-corrected chi connectivity index (χ3v) is 11.6. The van der Waals surface area contributed by atoms with Crippen LogP contribution in [0.1, 0.15) is 11.1 Å². The molecule has 11 rings (SSSR count). The van der Waals surface area contributed by atoms with Crippen molar-refractivity contribution >= 4 is 53.9 Å². The highest BCUT2D eigenvalue weighted by Gasteiger charge is 2.25. The molecule has 0 fully saturated rings. The molecule has 0 aliphatic heterocycles. The SMILES string of the molecule is c1ccc2c(c1)CCc1c(-c3c4ccccc4c(-c4ccc(-c5cccc6ccccc56)c5ccccc45)c4ccccc34)cc3ccccc3c1-2. The minimum atomic E-state index is 1.02. The molecule has 1 aliphatic carbocycles. The van der Waals surface area contributed by atoms with E-state index in [9.17, 15) is 0 Å². The monoisotopic (exact) mass is 658 g/mol. The lowest BCUT2D eigenvalue weighted by Crippen LogP contribution is -2.07. The molecule has 0 saturated heterocycles. The van der Waals surface area contributed by atoms with Gasteiger partial charge in [-0.05, 0) is 128 Å². The lowest BCUT2D eigenvalue weighted by molar-refractivity contribution is 0.947. The fourth-order valence-corrected chi connectivity index (χ4v) is 9.34. The fourth-order valence-electron chi connectivity index (χ4n) is 9.34. The third-order valence-electron chi connectivity index (χ3n) is 11.6. The van der Waals surface area contributed by atoms with Crippen LogP contribution < -0.4 is 0 Å². The quantitative estimate of drug-likeness (QED) is 0.166. The molecular weight excluding hydrogens is 625 g/mol. The molecule has 10 aromatic carbocycles. The van der Waals surface area contributed by atoms with E-state index >= 15 is 0 Å². The Morgan fingerprint density at radius 2 is 0.712 bits per heavy atom. The summed E-state index contributed by atoms with van der Waals surface area (Å²) in [5, 5.41) is 12.9. The number of fused-ring (bicyclic) bond motifs is 9. The smallest absolute Gasteiger partial charge is 0.00201 e. The van der Waals surface area contributed by atoms with Crippen LogP contribution in [0.4, 0.5) is 0 Å². The van der Waals surface area contributed by atoms with Gasteiger partial charge in [-0.3, -0.25) is 0 Å². The van der Waals surface area contributed by atoms with Crippen LogP contribution in [-0.2, 0) is 12.8 Å². The molecule has 1 aliphatic rings. The molecule has 0 nitrogen and oxygen atoms in total. The molecule has 0 atom stereocenters. The highest BCUT2D eigenvalue weighted by atomic mass is 14.3. The van der Waals surface area contributed by atoms with Gasteiger partial charge in [0, 0.05) is 0 Å². The first-order valence-electron chi connectivity index (χ1n) is 18.4. The zero-order valence-corrected chi connectivity index (χ0v) is 28.7. The maximum absolute atomic E-state index is 2.48. The number of aryl methyl sites for hydroxylation is 1. The second-order valence-electron chi connectivity index (χ2n) is 14.2. The second-order valence-corrected chi connectivity index (χ2v) is 14.2. The summed E-state index contributed by atoms with van der Waals surface area (Å²) in [7, 11) is 0. The standard InChI is InChI=1S/C52H34/c1-4-18-36-33(14-1)17-13-27-39(36)42-30-31-47(41-22-8-7-21-40(41)42)51-43-23-9-11-25-45(43)52(46-26-12-10-24-44(46)51)49-32-35-16-3-6-20-38(35)50-37-19-5-2-15-34(37)28-29-48(49)50/h1-27,30-32H,28-29H2. The topological polar surface area (TPSA) is 0 Å². The van der Waals surface area contributed by atoms with Crippen molar-refractivity contribution in [3.8, 4) is 44.5 Å². The minimum absolute atomic E-state index is 1.02. The van der Waals surface area contributed by atoms with Crippen LogP contribution in [0.2, 0.25) is 0 Å². The van der Waals surface area contributed by atoms with Crippen LogP contribution in [0.3, 0.4) is 0 Å². The molecule has 0 spiro atoms. The molecule has 0 unspecified atom stereocenters. The van der Waals surface area contributed by atoms with Gasteiger partial charge >= 0.3 is 0 Å². The molecular formula is C52H34. The van der Waals surface area contributed by atoms with E-state index in [1.165, 1.54) is 109 Å². The van der Waals surface area contributed by atoms with Gasteiger partial charge < -0.3 is 0 Å². The maximum atomic E-state index is 2.48. The minimum Gasteiger partial charge on any atom is -0.0620 e. The van der Waals surface area contributed by atoms with E-state index in [1.54, 1.807) is 0 Å². The molecule has 0 amide bonds. The van der Waals surface area contributed by atoms with Crippen molar-refractivity contribution in [2.75, 3.05) is 0 Å². The normalized spacial score (nSPS) is 12.5. The average molecular weight is 659 g/mol. The van der Waals surface area contributed by atoms with Gasteiger partial charge in [0.2, 0.25) is 0 Å². The van der Waals surface area contributed by atoms with E-state index in [0.717, 1.165) is 12.8 Å². The molecule has 242 valence electrons. The number of rotatable bonds is 3. The number of hydrogen-bond donors (Lipinski definition) is 0. The van der Waals surface area contributed by atoms with Gasteiger partial charge in [-0.15, -0.1) is 0 Å². The predicted octanol–water partition coefficient (Wildman–Crippen LogP) is 14.2. The molecule has 0 heterocycles. The Bertz CT molecular complexity index is 3010. The van der Waals surface area contributed by atoms with E-state index in [1.807, 2.05) is 0 Å². The Balaban J connectivity index is 1.23. The zero-order valence-electron chi connectivity index (χ0n) is 28.7. The van der Waals surface area contributed by atoms with Gasteiger partial charge in [-0.1, -0.05) is 176 Å². The van der Waals surface area contributed by atoms with Gasteiger partial charge in [0.15, 0.2) is 0 Å². The van der Waals surface area contributed by atoms with E-state index in [4.69, 9.17) is 0 Å². The highest BCUT2D eigenvalue weighted by Crippen LogP contribution is 2.50. The van der Waals surface area contributed by atoms with Crippen LogP contribution in [0.25, 0.3) is 98.4 Å². The summed E-state index contributed by atoms with van der Waals surface area (Å²) >= 11 is 0. The van der Waals surface area contributed by atoms with Crippen LogP contribution in [0.5, 0.6) is 0 Å². The largest absolute Gasteiger partial charge is 0.0620 e. The molecule has 0 radical (unpaired) electrons. The van der Waals surface area contributed by atoms with Gasteiger partial charge in [0.25, 0.3) is 0 Å². The van der Waals surface area contributed by atoms with Crippen LogP contribution >= 0.6 is 0 Å². The van der Waals surface area contributed by atoms with E-state index in [-0.39, 0.29) is 0 Å². The highest BCUT2D eigenvalue weighted by molar-refractivity contribution is 6.25. The third kappa shape index (κ3) is 4.28. The maximum Gasteiger partial charge on any atom is -0.00201 e. The first-order valence-corrected chi connectivity index (χ1v) is 18.4. The van der Waals surface area contributed by atoms with Gasteiger partial charge in [-0.25, -0.2) is 0 Å². The van der Waals surface area contributed by atoms with Crippen molar-refractivity contribution in [1.82, 2.24) is 0 Å². The summed E-state index contributed by atoms with van der Waals surface area (Å²) < 4.78 is 0. The van der Waals surface area contributed by atoms with Crippen molar-refractivity contribution in [2.24, 2.45) is 0 Å². The van der Waals surface area contributed by atoms with Crippen molar-refractivity contribution in [1.29, 1.82) is 0 Å². The van der Waals surface area contributed by atoms with Crippen LogP contribution in [-0.4, -0.2) is 0 Å². The molecule has 0 aromatic heterocycles. The van der Waals surface area contributed by atoms with Gasteiger partial charge in [0.1, 0.15) is 0 Å². The molecule has 0 heteroatoms. The first kappa shape index (κ1) is 29.3. The average Bonchev–Trinajstić information content (AvgIpc) is 3.22. The summed E-state index contributed by atoms with van der Waals surface area (Å²) in [5.41, 5.74) is 13.5. The second kappa shape index (κ2) is 11.5. The van der Waals surface area contributed by atoms with Crippen molar-refractivity contribution in [3.05, 3.63) is 193 Å². The summed E-state index contributed by atoms with van der Waals surface area (Å²) in [6.07, 6.45) is 2.08. The first-order chi connectivity index (χ1) is 25.8. The Morgan fingerprint density at radius 1 is 0.250 bits per heavy atom. The van der Waals surface area contributed by atoms with Crippen molar-refractivity contribution in [3.63, 3.8) is 0 Å². The Kier molecular flexibility index (Phi) is 6.48. The molecule has 0 saturated carbocycles. The van der Waals surface area contributed by atoms with Gasteiger partial charge in [-0.2, -0.15) is 0 Å². The van der Waals surface area contributed by atoms with Crippen molar-refractivity contribution < 1.29 is 0 Å². The van der Waals surface area contributed by atoms with Crippen molar-refractivity contribution in [2.45, 2.75) is 12.8 Å². The van der Waals surface area contributed by atoms with E-state index in [0.29, 0.717) is 0 Å². The fraction of sp³-hybridized carbons (Fsp3) is 0.0385. The summed E-state index contributed by atoms with van der Waals surface area (Å²) in [4.78, 5) is 0. The Morgan fingerprint density at radius 3 is 1.42 bits per heavy atom. The van der Waals surface area contributed by atoms with Crippen LogP contribution in [0.15, 0.2) is 182 Å². The lowest BCUT2D eigenvalue weighted by Gasteiger charge is -2.27. The zero-order chi connectivity index (χ0) is 34.2. The molecule has 0 bridgehead atoms. The Labute approximate surface area is 303 Å². The van der Waals surface area contributed by atoms with E-state index in [2.05, 4.69) is 182 Å². The van der Waals surface area contributed by atoms with Crippen LogP contribution in [0, 0.1) is 0 Å². The molecule has 10 aromatic rings. The Hall–Kier alpha value is -6.50. The van der Waals surface area contributed by atoms with E-state index < -0.39 is 0 Å². The van der Waals surface area contributed by atoms with Gasteiger partial charge in [0.05, 0.1) is 0 Å². The molecule has 52 heavy (non-hydrogen) atoms. The predicted molar refractivity (Wildman–Crippen MR) is 223 cm³/mol. The summed E-state index contributed by atoms with van der Waals surface area (Å²) in [5.74, 6) is 0. The molecule has 0 N–H and O–H groups in total.